The largest absolute Gasteiger partial charge is 0.491 e. The van der Waals surface area contributed by atoms with Gasteiger partial charge in [-0.2, -0.15) is 0 Å². The number of hydrogen-bond acceptors (Lipinski definition) is 5. The maximum absolute atomic E-state index is 12.5. The van der Waals surface area contributed by atoms with E-state index in [1.165, 1.54) is 5.56 Å². The zero-order valence-electron chi connectivity index (χ0n) is 17.0. The van der Waals surface area contributed by atoms with Crippen LogP contribution < -0.4 is 15.0 Å². The van der Waals surface area contributed by atoms with Gasteiger partial charge in [0.05, 0.1) is 11.7 Å². The fraction of sp³-hybridized carbons (Fsp3) is 0.261. The van der Waals surface area contributed by atoms with E-state index in [9.17, 15) is 4.79 Å². The summed E-state index contributed by atoms with van der Waals surface area (Å²) >= 11 is 0. The van der Waals surface area contributed by atoms with Crippen molar-refractivity contribution < 1.29 is 9.53 Å². The van der Waals surface area contributed by atoms with Crippen LogP contribution in [0.25, 0.3) is 0 Å². The monoisotopic (exact) mass is 390 g/mol. The highest BCUT2D eigenvalue weighted by Gasteiger charge is 2.09. The Balaban J connectivity index is 1.55. The minimum absolute atomic E-state index is 0.114. The molecule has 29 heavy (non-hydrogen) atoms. The van der Waals surface area contributed by atoms with Crippen molar-refractivity contribution in [2.45, 2.75) is 26.4 Å². The molecule has 0 aliphatic rings. The van der Waals surface area contributed by atoms with E-state index in [-0.39, 0.29) is 12.0 Å². The lowest BCUT2D eigenvalue weighted by Gasteiger charge is -2.18. The third-order valence-corrected chi connectivity index (χ3v) is 4.37. The van der Waals surface area contributed by atoms with Crippen LogP contribution in [0.1, 0.15) is 29.8 Å². The highest BCUT2D eigenvalue weighted by molar-refractivity contribution is 6.04. The van der Waals surface area contributed by atoms with Gasteiger partial charge in [0.2, 0.25) is 0 Å². The van der Waals surface area contributed by atoms with E-state index in [0.29, 0.717) is 11.3 Å². The van der Waals surface area contributed by atoms with Crippen LogP contribution in [0, 0.1) is 0 Å². The summed E-state index contributed by atoms with van der Waals surface area (Å²) in [5, 5.41) is 2.88. The number of nitrogens with zero attached hydrogens (tertiary/aromatic N) is 3. The second-order valence-corrected chi connectivity index (χ2v) is 7.08. The number of hydrogen-bond donors (Lipinski definition) is 1. The van der Waals surface area contributed by atoms with Gasteiger partial charge in [0.1, 0.15) is 11.6 Å². The number of rotatable bonds is 8. The number of carbonyl (C=O) groups excluding carboxylic acids is 1. The van der Waals surface area contributed by atoms with Gasteiger partial charge >= 0.3 is 0 Å². The number of nitrogens with one attached hydrogen (secondary N) is 1. The third-order valence-electron chi connectivity index (χ3n) is 4.37. The lowest BCUT2D eigenvalue weighted by Crippen LogP contribution is -2.21. The van der Waals surface area contributed by atoms with Gasteiger partial charge in [-0.25, -0.2) is 4.98 Å². The normalized spacial score (nSPS) is 10.6. The predicted octanol–water partition coefficient (Wildman–Crippen LogP) is 4.20. The van der Waals surface area contributed by atoms with Crippen molar-refractivity contribution >= 4 is 17.4 Å². The molecule has 2 heterocycles. The zero-order chi connectivity index (χ0) is 20.6. The van der Waals surface area contributed by atoms with Gasteiger partial charge in [-0.05, 0) is 74.4 Å². The van der Waals surface area contributed by atoms with Crippen molar-refractivity contribution in [3.8, 4) is 5.75 Å². The maximum atomic E-state index is 12.5. The standard InChI is InChI=1S/C23H26N4O2/c1-17(2)29-21-7-5-20(6-8-21)26-23(28)19-4-9-22(25-16-19)27(3)15-12-18-10-13-24-14-11-18/h4-11,13-14,16-17H,12,15H2,1-3H3,(H,26,28). The van der Waals surface area contributed by atoms with Crippen LogP contribution >= 0.6 is 0 Å². The number of amides is 1. The first-order valence-electron chi connectivity index (χ1n) is 9.65. The smallest absolute Gasteiger partial charge is 0.257 e. The first kappa shape index (κ1) is 20.3. The number of carbonyl (C=O) groups is 1. The van der Waals surface area contributed by atoms with Crippen LogP contribution in [0.5, 0.6) is 5.75 Å². The van der Waals surface area contributed by atoms with E-state index in [4.69, 9.17) is 4.74 Å². The fourth-order valence-electron chi connectivity index (χ4n) is 2.80. The second kappa shape index (κ2) is 9.68. The molecule has 0 bridgehead atoms. The highest BCUT2D eigenvalue weighted by atomic mass is 16.5. The average Bonchev–Trinajstić information content (AvgIpc) is 2.74. The molecule has 150 valence electrons. The van der Waals surface area contributed by atoms with E-state index in [2.05, 4.69) is 20.2 Å². The van der Waals surface area contributed by atoms with Crippen molar-refractivity contribution in [1.82, 2.24) is 9.97 Å². The van der Waals surface area contributed by atoms with Crippen LogP contribution in [0.3, 0.4) is 0 Å². The molecule has 6 heteroatoms. The van der Waals surface area contributed by atoms with E-state index in [0.717, 1.165) is 24.5 Å². The molecule has 0 atom stereocenters. The van der Waals surface area contributed by atoms with Crippen molar-refractivity contribution in [3.05, 3.63) is 78.2 Å². The number of ether oxygens (including phenoxy) is 1. The number of anilines is 2. The quantitative estimate of drug-likeness (QED) is 0.624. The van der Waals surface area contributed by atoms with Crippen molar-refractivity contribution in [3.63, 3.8) is 0 Å². The molecule has 3 rings (SSSR count). The lowest BCUT2D eigenvalue weighted by atomic mass is 10.2. The molecule has 0 fully saturated rings. The van der Waals surface area contributed by atoms with Crippen molar-refractivity contribution in [2.24, 2.45) is 0 Å². The first-order valence-corrected chi connectivity index (χ1v) is 9.65. The van der Waals surface area contributed by atoms with Crippen LogP contribution in [-0.2, 0) is 6.42 Å². The van der Waals surface area contributed by atoms with Crippen LogP contribution in [0.2, 0.25) is 0 Å². The average molecular weight is 390 g/mol. The Bertz CT molecular complexity index is 910. The summed E-state index contributed by atoms with van der Waals surface area (Å²) in [6.45, 7) is 4.78. The minimum Gasteiger partial charge on any atom is -0.491 e. The minimum atomic E-state index is -0.194. The highest BCUT2D eigenvalue weighted by Crippen LogP contribution is 2.18. The molecular formula is C23H26N4O2. The van der Waals surface area contributed by atoms with E-state index < -0.39 is 0 Å². The number of benzene rings is 1. The fourth-order valence-corrected chi connectivity index (χ4v) is 2.80. The zero-order valence-corrected chi connectivity index (χ0v) is 17.0. The molecule has 0 spiro atoms. The Kier molecular flexibility index (Phi) is 6.79. The molecule has 1 amide bonds. The molecule has 0 saturated carbocycles. The Labute approximate surface area is 171 Å². The van der Waals surface area contributed by atoms with E-state index in [1.807, 2.05) is 63.4 Å². The third kappa shape index (κ3) is 6.04. The molecule has 1 aromatic carbocycles. The Morgan fingerprint density at radius 2 is 1.79 bits per heavy atom. The summed E-state index contributed by atoms with van der Waals surface area (Å²) < 4.78 is 5.61. The summed E-state index contributed by atoms with van der Waals surface area (Å²) in [5.74, 6) is 1.41. The molecule has 0 radical (unpaired) electrons. The molecule has 1 N–H and O–H groups in total. The number of aromatic nitrogens is 2. The predicted molar refractivity (Wildman–Crippen MR) is 116 cm³/mol. The van der Waals surface area contributed by atoms with Crippen LogP contribution in [0.4, 0.5) is 11.5 Å². The summed E-state index contributed by atoms with van der Waals surface area (Å²) in [7, 11) is 1.99. The topological polar surface area (TPSA) is 67.3 Å². The van der Waals surface area contributed by atoms with Crippen molar-refractivity contribution in [2.75, 3.05) is 23.8 Å². The van der Waals surface area contributed by atoms with Gasteiger partial charge in [0, 0.05) is 37.9 Å². The molecule has 6 nitrogen and oxygen atoms in total. The van der Waals surface area contributed by atoms with Gasteiger partial charge in [0.15, 0.2) is 0 Å². The molecule has 0 aliphatic carbocycles. The molecule has 3 aromatic rings. The van der Waals surface area contributed by atoms with Gasteiger partial charge in [-0.1, -0.05) is 0 Å². The Hall–Kier alpha value is -3.41. The summed E-state index contributed by atoms with van der Waals surface area (Å²) in [6.07, 6.45) is 6.21. The summed E-state index contributed by atoms with van der Waals surface area (Å²) in [4.78, 5) is 23.0. The Morgan fingerprint density at radius 1 is 1.07 bits per heavy atom. The van der Waals surface area contributed by atoms with Crippen LogP contribution in [-0.4, -0.2) is 35.6 Å². The van der Waals surface area contributed by atoms with E-state index >= 15 is 0 Å². The maximum Gasteiger partial charge on any atom is 0.257 e. The number of pyridine rings is 2. The van der Waals surface area contributed by atoms with Gasteiger partial charge in [-0.15, -0.1) is 0 Å². The molecule has 0 unspecified atom stereocenters. The molecule has 0 aliphatic heterocycles. The summed E-state index contributed by atoms with van der Waals surface area (Å²) in [6, 6.07) is 15.0. The summed E-state index contributed by atoms with van der Waals surface area (Å²) in [5.41, 5.74) is 2.45. The Morgan fingerprint density at radius 3 is 2.41 bits per heavy atom. The van der Waals surface area contributed by atoms with E-state index in [1.54, 1.807) is 24.7 Å². The molecular weight excluding hydrogens is 364 g/mol. The lowest BCUT2D eigenvalue weighted by molar-refractivity contribution is 0.102. The van der Waals surface area contributed by atoms with Gasteiger partial charge < -0.3 is 15.0 Å². The van der Waals surface area contributed by atoms with Gasteiger partial charge in [-0.3, -0.25) is 9.78 Å². The second-order valence-electron chi connectivity index (χ2n) is 7.08. The first-order chi connectivity index (χ1) is 14.0. The molecule has 2 aromatic heterocycles. The van der Waals surface area contributed by atoms with Crippen LogP contribution in [0.15, 0.2) is 67.1 Å². The SMILES string of the molecule is CC(C)Oc1ccc(NC(=O)c2ccc(N(C)CCc3ccncc3)nc2)cc1. The van der Waals surface area contributed by atoms with Gasteiger partial charge in [0.25, 0.3) is 5.91 Å². The van der Waals surface area contributed by atoms with Crippen molar-refractivity contribution in [1.29, 1.82) is 0 Å². The number of likely N-dealkylation sites (N-methyl/N-ethyl adjacent to an activating group) is 1. The molecule has 0 saturated heterocycles.